The van der Waals surface area contributed by atoms with Crippen molar-refractivity contribution in [3.63, 3.8) is 0 Å². The molecule has 25 heavy (non-hydrogen) atoms. The summed E-state index contributed by atoms with van der Waals surface area (Å²) >= 11 is 6.03. The van der Waals surface area contributed by atoms with Gasteiger partial charge >= 0.3 is 0 Å². The summed E-state index contributed by atoms with van der Waals surface area (Å²) in [7, 11) is 0. The van der Waals surface area contributed by atoms with Crippen LogP contribution in [0.5, 0.6) is 0 Å². The standard InChI is InChI=1S/C18H24ClN3O3/c1-11-7-12(2)10-22(9-11)18(25)15(8-16(20)23)21-17(24)13-5-3-4-6-14(13)19/h3-6,11-12,15H,7-10H2,1-2H3,(H2,20,23)(H,21,24)/t11-,12+,15-/m1/s1. The van der Waals surface area contributed by atoms with E-state index in [1.165, 1.54) is 0 Å². The third kappa shape index (κ3) is 5.19. The lowest BCUT2D eigenvalue weighted by atomic mass is 9.91. The molecule has 0 unspecified atom stereocenters. The highest BCUT2D eigenvalue weighted by molar-refractivity contribution is 6.33. The number of carbonyl (C=O) groups excluding carboxylic acids is 3. The highest BCUT2D eigenvalue weighted by atomic mass is 35.5. The van der Waals surface area contributed by atoms with E-state index in [0.717, 1.165) is 6.42 Å². The first kappa shape index (κ1) is 19.2. The van der Waals surface area contributed by atoms with Crippen LogP contribution in [0.2, 0.25) is 5.02 Å². The number of hydrogen-bond acceptors (Lipinski definition) is 3. The van der Waals surface area contributed by atoms with Crippen molar-refractivity contribution in [1.29, 1.82) is 0 Å². The minimum atomic E-state index is -0.987. The molecule has 0 spiro atoms. The first-order chi connectivity index (χ1) is 11.8. The molecule has 3 atom stereocenters. The minimum Gasteiger partial charge on any atom is -0.370 e. The van der Waals surface area contributed by atoms with Gasteiger partial charge in [0, 0.05) is 13.1 Å². The summed E-state index contributed by atoms with van der Waals surface area (Å²) in [4.78, 5) is 38.4. The average molecular weight is 366 g/mol. The predicted octanol–water partition coefficient (Wildman–Crippen LogP) is 1.82. The Labute approximate surface area is 152 Å². The van der Waals surface area contributed by atoms with Crippen molar-refractivity contribution in [3.8, 4) is 0 Å². The van der Waals surface area contributed by atoms with Crippen LogP contribution >= 0.6 is 11.6 Å². The molecule has 1 aliphatic heterocycles. The Balaban J connectivity index is 2.15. The van der Waals surface area contributed by atoms with Gasteiger partial charge in [-0.05, 0) is 30.4 Å². The molecule has 1 heterocycles. The molecular weight excluding hydrogens is 342 g/mol. The molecule has 1 aromatic carbocycles. The van der Waals surface area contributed by atoms with Crippen molar-refractivity contribution in [2.75, 3.05) is 13.1 Å². The molecule has 136 valence electrons. The number of nitrogens with two attached hydrogens (primary N) is 1. The number of likely N-dealkylation sites (tertiary alicyclic amines) is 1. The molecule has 0 radical (unpaired) electrons. The molecule has 0 bridgehead atoms. The number of primary amides is 1. The quantitative estimate of drug-likeness (QED) is 0.833. The summed E-state index contributed by atoms with van der Waals surface area (Å²) in [5.41, 5.74) is 5.53. The second-order valence-electron chi connectivity index (χ2n) is 6.87. The Kier molecular flexibility index (Phi) is 6.42. The number of benzene rings is 1. The molecule has 0 saturated carbocycles. The topological polar surface area (TPSA) is 92.5 Å². The lowest BCUT2D eigenvalue weighted by molar-refractivity contribution is -0.137. The van der Waals surface area contributed by atoms with E-state index < -0.39 is 17.9 Å². The van der Waals surface area contributed by atoms with Crippen molar-refractivity contribution >= 4 is 29.3 Å². The zero-order valence-corrected chi connectivity index (χ0v) is 15.3. The Morgan fingerprint density at radius 3 is 2.40 bits per heavy atom. The van der Waals surface area contributed by atoms with Crippen molar-refractivity contribution < 1.29 is 14.4 Å². The molecule has 1 fully saturated rings. The van der Waals surface area contributed by atoms with Crippen LogP contribution in [0.15, 0.2) is 24.3 Å². The van der Waals surface area contributed by atoms with Gasteiger partial charge in [0.2, 0.25) is 11.8 Å². The van der Waals surface area contributed by atoms with Crippen molar-refractivity contribution in [1.82, 2.24) is 10.2 Å². The number of hydrogen-bond donors (Lipinski definition) is 2. The van der Waals surface area contributed by atoms with Crippen molar-refractivity contribution in [3.05, 3.63) is 34.9 Å². The molecule has 0 aromatic heterocycles. The summed E-state index contributed by atoms with van der Waals surface area (Å²) in [6.07, 6.45) is 0.810. The molecule has 1 aliphatic rings. The fourth-order valence-corrected chi connectivity index (χ4v) is 3.57. The van der Waals surface area contributed by atoms with Crippen LogP contribution < -0.4 is 11.1 Å². The maximum atomic E-state index is 12.8. The number of piperidine rings is 1. The van der Waals surface area contributed by atoms with Gasteiger partial charge in [0.1, 0.15) is 6.04 Å². The van der Waals surface area contributed by atoms with Gasteiger partial charge in [-0.25, -0.2) is 0 Å². The number of halogens is 1. The molecule has 2 rings (SSSR count). The van der Waals surface area contributed by atoms with Crippen molar-refractivity contribution in [2.24, 2.45) is 17.6 Å². The Morgan fingerprint density at radius 2 is 1.84 bits per heavy atom. The Hall–Kier alpha value is -2.08. The van der Waals surface area contributed by atoms with E-state index >= 15 is 0 Å². The summed E-state index contributed by atoms with van der Waals surface area (Å²) in [5, 5.41) is 2.90. The van der Waals surface area contributed by atoms with Gasteiger partial charge in [-0.15, -0.1) is 0 Å². The number of amides is 3. The Morgan fingerprint density at radius 1 is 1.24 bits per heavy atom. The van der Waals surface area contributed by atoms with Crippen LogP contribution in [0, 0.1) is 11.8 Å². The van der Waals surface area contributed by atoms with Crippen LogP contribution in [0.4, 0.5) is 0 Å². The average Bonchev–Trinajstić information content (AvgIpc) is 2.52. The maximum absolute atomic E-state index is 12.8. The SMILES string of the molecule is C[C@@H]1C[C@H](C)CN(C(=O)[C@@H](CC(N)=O)NC(=O)c2ccccc2Cl)C1. The predicted molar refractivity (Wildman–Crippen MR) is 96.0 cm³/mol. The van der Waals surface area contributed by atoms with Gasteiger partial charge in [0.25, 0.3) is 5.91 Å². The normalized spacial score (nSPS) is 21.5. The Bertz CT molecular complexity index is 655. The lowest BCUT2D eigenvalue weighted by Gasteiger charge is -2.37. The van der Waals surface area contributed by atoms with E-state index in [-0.39, 0.29) is 22.9 Å². The van der Waals surface area contributed by atoms with E-state index in [9.17, 15) is 14.4 Å². The van der Waals surface area contributed by atoms with Crippen LogP contribution in [-0.2, 0) is 9.59 Å². The molecule has 1 aromatic rings. The van der Waals surface area contributed by atoms with Crippen LogP contribution in [0.25, 0.3) is 0 Å². The van der Waals surface area contributed by atoms with Gasteiger partial charge in [-0.3, -0.25) is 14.4 Å². The van der Waals surface area contributed by atoms with Gasteiger partial charge in [-0.1, -0.05) is 37.6 Å². The van der Waals surface area contributed by atoms with Gasteiger partial charge in [0.05, 0.1) is 17.0 Å². The molecule has 3 N–H and O–H groups in total. The third-order valence-electron chi connectivity index (χ3n) is 4.31. The second kappa shape index (κ2) is 8.34. The van der Waals surface area contributed by atoms with Crippen molar-refractivity contribution in [2.45, 2.75) is 32.7 Å². The minimum absolute atomic E-state index is 0.242. The monoisotopic (exact) mass is 365 g/mol. The van der Waals surface area contributed by atoms with E-state index in [2.05, 4.69) is 19.2 Å². The van der Waals surface area contributed by atoms with Gasteiger partial charge in [-0.2, -0.15) is 0 Å². The number of nitrogens with zero attached hydrogens (tertiary/aromatic N) is 1. The van der Waals surface area contributed by atoms with Gasteiger partial charge < -0.3 is 16.0 Å². The summed E-state index contributed by atoms with van der Waals surface area (Å²) < 4.78 is 0. The van der Waals surface area contributed by atoms with Crippen LogP contribution in [-0.4, -0.2) is 41.8 Å². The number of nitrogens with one attached hydrogen (secondary N) is 1. The maximum Gasteiger partial charge on any atom is 0.253 e. The summed E-state index contributed by atoms with van der Waals surface area (Å²) in [6, 6.07) is 5.56. The third-order valence-corrected chi connectivity index (χ3v) is 4.64. The zero-order chi connectivity index (χ0) is 18.6. The number of carbonyl (C=O) groups is 3. The fraction of sp³-hybridized carbons (Fsp3) is 0.500. The van der Waals surface area contributed by atoms with E-state index in [1.807, 2.05) is 0 Å². The highest BCUT2D eigenvalue weighted by Gasteiger charge is 2.32. The van der Waals surface area contributed by atoms with E-state index in [0.29, 0.717) is 24.9 Å². The highest BCUT2D eigenvalue weighted by Crippen LogP contribution is 2.22. The number of rotatable bonds is 5. The smallest absolute Gasteiger partial charge is 0.253 e. The summed E-state index contributed by atoms with van der Waals surface area (Å²) in [6.45, 7) is 5.39. The molecule has 6 nitrogen and oxygen atoms in total. The van der Waals surface area contributed by atoms with Crippen LogP contribution in [0.1, 0.15) is 37.0 Å². The molecule has 0 aliphatic carbocycles. The molecule has 1 saturated heterocycles. The van der Waals surface area contributed by atoms with E-state index in [4.69, 9.17) is 17.3 Å². The van der Waals surface area contributed by atoms with E-state index in [1.54, 1.807) is 29.2 Å². The largest absolute Gasteiger partial charge is 0.370 e. The van der Waals surface area contributed by atoms with Gasteiger partial charge in [0.15, 0.2) is 0 Å². The summed E-state index contributed by atoms with van der Waals surface area (Å²) in [5.74, 6) is -0.667. The van der Waals surface area contributed by atoms with Crippen LogP contribution in [0.3, 0.4) is 0 Å². The fourth-order valence-electron chi connectivity index (χ4n) is 3.35. The first-order valence-corrected chi connectivity index (χ1v) is 8.78. The molecule has 7 heteroatoms. The zero-order valence-electron chi connectivity index (χ0n) is 14.5. The second-order valence-corrected chi connectivity index (χ2v) is 7.27. The molecular formula is C18H24ClN3O3. The first-order valence-electron chi connectivity index (χ1n) is 8.40. The lowest BCUT2D eigenvalue weighted by Crippen LogP contribution is -2.53. The molecule has 3 amide bonds.